The molecule has 1 unspecified atom stereocenters. The fourth-order valence-corrected chi connectivity index (χ4v) is 2.85. The lowest BCUT2D eigenvalue weighted by atomic mass is 9.82. The summed E-state index contributed by atoms with van der Waals surface area (Å²) in [5, 5.41) is 8.85. The van der Waals surface area contributed by atoms with Crippen LogP contribution in [0.2, 0.25) is 0 Å². The van der Waals surface area contributed by atoms with Crippen LogP contribution in [0.1, 0.15) is 36.3 Å². The summed E-state index contributed by atoms with van der Waals surface area (Å²) < 4.78 is 0. The van der Waals surface area contributed by atoms with Gasteiger partial charge >= 0.3 is 0 Å². The van der Waals surface area contributed by atoms with Gasteiger partial charge in [-0.05, 0) is 49.8 Å². The molecule has 0 aromatic heterocycles. The molecule has 0 radical (unpaired) electrons. The molecule has 1 aromatic carbocycles. The number of rotatable bonds is 5. The minimum Gasteiger partial charge on any atom is -0.396 e. The van der Waals surface area contributed by atoms with E-state index in [0.717, 1.165) is 19.5 Å². The van der Waals surface area contributed by atoms with Crippen LogP contribution in [0.5, 0.6) is 0 Å². The topological polar surface area (TPSA) is 23.5 Å². The number of likely N-dealkylation sites (N-methyl/N-ethyl adjacent to an activating group) is 1. The summed E-state index contributed by atoms with van der Waals surface area (Å²) in [6.45, 7) is 2.41. The van der Waals surface area contributed by atoms with E-state index in [1.54, 1.807) is 11.1 Å². The van der Waals surface area contributed by atoms with E-state index in [2.05, 4.69) is 36.2 Å². The Balaban J connectivity index is 1.98. The molecule has 2 heteroatoms. The number of aryl methyl sites for hydroxylation is 1. The van der Waals surface area contributed by atoms with E-state index in [1.807, 2.05) is 0 Å². The number of aliphatic hydroxyl groups excluding tert-OH is 1. The largest absolute Gasteiger partial charge is 0.396 e. The Morgan fingerprint density at radius 1 is 1.35 bits per heavy atom. The van der Waals surface area contributed by atoms with Gasteiger partial charge in [0.25, 0.3) is 0 Å². The first kappa shape index (κ1) is 12.6. The van der Waals surface area contributed by atoms with Crippen LogP contribution in [0.3, 0.4) is 0 Å². The Morgan fingerprint density at radius 3 is 3.00 bits per heavy atom. The Hall–Kier alpha value is -0.860. The van der Waals surface area contributed by atoms with E-state index in [0.29, 0.717) is 12.5 Å². The molecular weight excluding hydrogens is 210 g/mol. The molecule has 17 heavy (non-hydrogen) atoms. The van der Waals surface area contributed by atoms with Crippen molar-refractivity contribution in [2.75, 3.05) is 26.7 Å². The Labute approximate surface area is 104 Å². The highest BCUT2D eigenvalue weighted by Gasteiger charge is 2.20. The minimum absolute atomic E-state index is 0.297. The number of hydrogen-bond donors (Lipinski definition) is 1. The van der Waals surface area contributed by atoms with E-state index in [4.69, 9.17) is 5.11 Å². The highest BCUT2D eigenvalue weighted by Crippen LogP contribution is 2.31. The van der Waals surface area contributed by atoms with E-state index >= 15 is 0 Å². The molecule has 1 aliphatic rings. The zero-order chi connectivity index (χ0) is 12.1. The molecule has 1 atom stereocenters. The van der Waals surface area contributed by atoms with Crippen molar-refractivity contribution in [3.63, 3.8) is 0 Å². The van der Waals surface area contributed by atoms with Gasteiger partial charge < -0.3 is 10.0 Å². The van der Waals surface area contributed by atoms with Gasteiger partial charge in [0.1, 0.15) is 0 Å². The quantitative estimate of drug-likeness (QED) is 0.844. The third kappa shape index (κ3) is 3.30. The van der Waals surface area contributed by atoms with Crippen molar-refractivity contribution < 1.29 is 5.11 Å². The van der Waals surface area contributed by atoms with Crippen molar-refractivity contribution in [1.82, 2.24) is 4.90 Å². The van der Waals surface area contributed by atoms with Crippen molar-refractivity contribution >= 4 is 0 Å². The zero-order valence-corrected chi connectivity index (χ0v) is 10.7. The third-order valence-electron chi connectivity index (χ3n) is 3.72. The van der Waals surface area contributed by atoms with Crippen molar-refractivity contribution in [2.45, 2.75) is 31.6 Å². The summed E-state index contributed by atoms with van der Waals surface area (Å²) in [4.78, 5) is 2.35. The Bertz CT molecular complexity index is 351. The molecule has 0 aliphatic heterocycles. The molecule has 0 heterocycles. The second kappa shape index (κ2) is 6.18. The number of aliphatic hydroxyl groups is 1. The van der Waals surface area contributed by atoms with Gasteiger partial charge in [0, 0.05) is 19.7 Å². The molecule has 1 N–H and O–H groups in total. The summed E-state index contributed by atoms with van der Waals surface area (Å²) in [5.74, 6) is 0.684. The van der Waals surface area contributed by atoms with Gasteiger partial charge in [-0.2, -0.15) is 0 Å². The molecule has 1 aliphatic carbocycles. The van der Waals surface area contributed by atoms with Crippen LogP contribution in [0.15, 0.2) is 24.3 Å². The SMILES string of the molecule is CN(CCCO)CC1CCCc2ccccc21. The normalized spacial score (nSPS) is 19.4. The van der Waals surface area contributed by atoms with E-state index in [-0.39, 0.29) is 0 Å². The fraction of sp³-hybridized carbons (Fsp3) is 0.600. The predicted molar refractivity (Wildman–Crippen MR) is 71.3 cm³/mol. The smallest absolute Gasteiger partial charge is 0.0443 e. The summed E-state index contributed by atoms with van der Waals surface area (Å²) in [5.41, 5.74) is 3.09. The van der Waals surface area contributed by atoms with Crippen molar-refractivity contribution in [2.24, 2.45) is 0 Å². The maximum atomic E-state index is 8.85. The fourth-order valence-electron chi connectivity index (χ4n) is 2.85. The molecule has 0 fully saturated rings. The first-order valence-corrected chi connectivity index (χ1v) is 6.68. The average molecular weight is 233 g/mol. The second-order valence-corrected chi connectivity index (χ2v) is 5.13. The molecule has 2 rings (SSSR count). The minimum atomic E-state index is 0.297. The number of nitrogens with zero attached hydrogens (tertiary/aromatic N) is 1. The van der Waals surface area contributed by atoms with Crippen LogP contribution in [-0.2, 0) is 6.42 Å². The predicted octanol–water partition coefficient (Wildman–Crippen LogP) is 2.42. The van der Waals surface area contributed by atoms with Gasteiger partial charge in [-0.25, -0.2) is 0 Å². The number of hydrogen-bond acceptors (Lipinski definition) is 2. The van der Waals surface area contributed by atoms with Crippen molar-refractivity contribution in [3.8, 4) is 0 Å². The summed E-state index contributed by atoms with van der Waals surface area (Å²) >= 11 is 0. The Morgan fingerprint density at radius 2 is 2.18 bits per heavy atom. The van der Waals surface area contributed by atoms with E-state index in [1.165, 1.54) is 19.3 Å². The standard InChI is InChI=1S/C15H23NO/c1-16(10-5-11-17)12-14-8-4-7-13-6-2-3-9-15(13)14/h2-3,6,9,14,17H,4-5,7-8,10-12H2,1H3. The molecule has 0 spiro atoms. The molecule has 0 bridgehead atoms. The lowest BCUT2D eigenvalue weighted by Gasteiger charge is -2.29. The van der Waals surface area contributed by atoms with Crippen LogP contribution in [-0.4, -0.2) is 36.8 Å². The van der Waals surface area contributed by atoms with Gasteiger partial charge in [-0.15, -0.1) is 0 Å². The highest BCUT2D eigenvalue weighted by molar-refractivity contribution is 5.32. The summed E-state index contributed by atoms with van der Waals surface area (Å²) in [7, 11) is 2.16. The molecule has 0 saturated carbocycles. The summed E-state index contributed by atoms with van der Waals surface area (Å²) in [6.07, 6.45) is 4.74. The van der Waals surface area contributed by atoms with Gasteiger partial charge in [-0.3, -0.25) is 0 Å². The molecule has 2 nitrogen and oxygen atoms in total. The first-order chi connectivity index (χ1) is 8.31. The van der Waals surface area contributed by atoms with Gasteiger partial charge in [0.2, 0.25) is 0 Å². The van der Waals surface area contributed by atoms with Crippen molar-refractivity contribution in [1.29, 1.82) is 0 Å². The number of benzene rings is 1. The van der Waals surface area contributed by atoms with E-state index < -0.39 is 0 Å². The molecular formula is C15H23NO. The molecule has 0 amide bonds. The van der Waals surface area contributed by atoms with Crippen LogP contribution in [0.4, 0.5) is 0 Å². The van der Waals surface area contributed by atoms with Gasteiger partial charge in [0.15, 0.2) is 0 Å². The average Bonchev–Trinajstić information content (AvgIpc) is 2.37. The van der Waals surface area contributed by atoms with Crippen molar-refractivity contribution in [3.05, 3.63) is 35.4 Å². The third-order valence-corrected chi connectivity index (χ3v) is 3.72. The monoisotopic (exact) mass is 233 g/mol. The second-order valence-electron chi connectivity index (χ2n) is 5.13. The first-order valence-electron chi connectivity index (χ1n) is 6.68. The summed E-state index contributed by atoms with van der Waals surface area (Å²) in [6, 6.07) is 8.87. The zero-order valence-electron chi connectivity index (χ0n) is 10.7. The van der Waals surface area contributed by atoms with Crippen LogP contribution in [0.25, 0.3) is 0 Å². The lowest BCUT2D eigenvalue weighted by Crippen LogP contribution is -2.28. The molecule has 94 valence electrons. The molecule has 1 aromatic rings. The lowest BCUT2D eigenvalue weighted by molar-refractivity contribution is 0.237. The number of fused-ring (bicyclic) bond motifs is 1. The van der Waals surface area contributed by atoms with Crippen LogP contribution >= 0.6 is 0 Å². The molecule has 0 saturated heterocycles. The maximum Gasteiger partial charge on any atom is 0.0443 e. The van der Waals surface area contributed by atoms with Crippen LogP contribution < -0.4 is 0 Å². The Kier molecular flexibility index (Phi) is 4.57. The maximum absolute atomic E-state index is 8.85. The van der Waals surface area contributed by atoms with E-state index in [9.17, 15) is 0 Å². The van der Waals surface area contributed by atoms with Crippen LogP contribution in [0, 0.1) is 0 Å². The van der Waals surface area contributed by atoms with Gasteiger partial charge in [0.05, 0.1) is 0 Å². The van der Waals surface area contributed by atoms with Gasteiger partial charge in [-0.1, -0.05) is 24.3 Å². The highest BCUT2D eigenvalue weighted by atomic mass is 16.3.